The van der Waals surface area contributed by atoms with Crippen molar-refractivity contribution in [2.75, 3.05) is 25.0 Å². The van der Waals surface area contributed by atoms with Gasteiger partial charge in [-0.1, -0.05) is 18.2 Å². The van der Waals surface area contributed by atoms with Crippen LogP contribution in [-0.4, -0.2) is 43.3 Å². The van der Waals surface area contributed by atoms with Gasteiger partial charge in [-0.3, -0.25) is 9.78 Å². The third kappa shape index (κ3) is 4.55. The molecule has 1 N–H and O–H groups in total. The molecule has 1 aromatic heterocycles. The fourth-order valence-electron chi connectivity index (χ4n) is 3.83. The molecule has 1 saturated heterocycles. The summed E-state index contributed by atoms with van der Waals surface area (Å²) in [6.07, 6.45) is 2.54. The number of piperidine rings is 1. The van der Waals surface area contributed by atoms with E-state index in [1.807, 2.05) is 31.2 Å². The van der Waals surface area contributed by atoms with Crippen molar-refractivity contribution in [2.45, 2.75) is 24.7 Å². The Balaban J connectivity index is 1.41. The van der Waals surface area contributed by atoms with Crippen molar-refractivity contribution < 1.29 is 17.9 Å². The molecule has 162 valence electrons. The molecule has 2 aromatic carbocycles. The number of carbonyl (C=O) groups is 1. The van der Waals surface area contributed by atoms with E-state index in [1.54, 1.807) is 36.5 Å². The lowest BCUT2D eigenvalue weighted by Crippen LogP contribution is -2.41. The van der Waals surface area contributed by atoms with Gasteiger partial charge < -0.3 is 10.1 Å². The van der Waals surface area contributed by atoms with Gasteiger partial charge in [-0.25, -0.2) is 8.42 Å². The highest BCUT2D eigenvalue weighted by atomic mass is 32.2. The van der Waals surface area contributed by atoms with Crippen molar-refractivity contribution in [1.82, 2.24) is 9.29 Å². The van der Waals surface area contributed by atoms with Crippen LogP contribution in [0.3, 0.4) is 0 Å². The number of carbonyl (C=O) groups excluding carboxylic acids is 1. The van der Waals surface area contributed by atoms with Crippen LogP contribution >= 0.6 is 0 Å². The molecule has 0 saturated carbocycles. The zero-order valence-corrected chi connectivity index (χ0v) is 18.1. The normalized spacial score (nSPS) is 15.6. The van der Waals surface area contributed by atoms with Crippen LogP contribution in [0.2, 0.25) is 0 Å². The summed E-state index contributed by atoms with van der Waals surface area (Å²) >= 11 is 0. The first-order chi connectivity index (χ1) is 15.0. The van der Waals surface area contributed by atoms with E-state index in [-0.39, 0.29) is 16.7 Å². The lowest BCUT2D eigenvalue weighted by Gasteiger charge is -2.30. The van der Waals surface area contributed by atoms with Gasteiger partial charge >= 0.3 is 0 Å². The maximum absolute atomic E-state index is 13.2. The lowest BCUT2D eigenvalue weighted by atomic mass is 9.97. The quantitative estimate of drug-likeness (QED) is 0.633. The van der Waals surface area contributed by atoms with E-state index in [4.69, 9.17) is 4.74 Å². The number of nitrogens with zero attached hydrogens (tertiary/aromatic N) is 2. The van der Waals surface area contributed by atoms with Gasteiger partial charge in [0.1, 0.15) is 10.6 Å². The summed E-state index contributed by atoms with van der Waals surface area (Å²) < 4.78 is 33.3. The molecule has 1 amide bonds. The first-order valence-corrected chi connectivity index (χ1v) is 11.8. The smallest absolute Gasteiger partial charge is 0.245 e. The number of hydrogen-bond donors (Lipinski definition) is 1. The Morgan fingerprint density at radius 2 is 1.81 bits per heavy atom. The molecule has 2 heterocycles. The molecule has 0 spiro atoms. The molecule has 8 heteroatoms. The summed E-state index contributed by atoms with van der Waals surface area (Å²) in [7, 11) is -3.68. The zero-order valence-electron chi connectivity index (χ0n) is 17.3. The average molecular weight is 440 g/mol. The van der Waals surface area contributed by atoms with E-state index in [2.05, 4.69) is 10.3 Å². The SMILES string of the molecule is CCOc1ccc(NC(=O)C2CCN(S(=O)(=O)c3cccc4cccnc34)CC2)cc1. The van der Waals surface area contributed by atoms with Crippen molar-refractivity contribution >= 4 is 32.5 Å². The van der Waals surface area contributed by atoms with Crippen LogP contribution in [0.4, 0.5) is 5.69 Å². The van der Waals surface area contributed by atoms with E-state index < -0.39 is 10.0 Å². The highest BCUT2D eigenvalue weighted by molar-refractivity contribution is 7.89. The standard InChI is InChI=1S/C23H25N3O4S/c1-2-30-20-10-8-19(9-11-20)25-23(27)18-12-15-26(16-13-18)31(28,29)21-7-3-5-17-6-4-14-24-22(17)21/h3-11,14,18H,2,12-13,15-16H2,1H3,(H,25,27). The largest absolute Gasteiger partial charge is 0.494 e. The summed E-state index contributed by atoms with van der Waals surface area (Å²) in [5.41, 5.74) is 1.17. The minimum atomic E-state index is -3.68. The van der Waals surface area contributed by atoms with Gasteiger partial charge in [0.15, 0.2) is 0 Å². The summed E-state index contributed by atoms with van der Waals surface area (Å²) in [6, 6.07) is 16.0. The second kappa shape index (κ2) is 9.03. The average Bonchev–Trinajstić information content (AvgIpc) is 2.80. The van der Waals surface area contributed by atoms with Gasteiger partial charge in [-0.05, 0) is 56.2 Å². The monoisotopic (exact) mass is 439 g/mol. The first-order valence-electron chi connectivity index (χ1n) is 10.4. The van der Waals surface area contributed by atoms with Gasteiger partial charge in [-0.2, -0.15) is 4.31 Å². The van der Waals surface area contributed by atoms with E-state index in [9.17, 15) is 13.2 Å². The fraction of sp³-hybridized carbons (Fsp3) is 0.304. The van der Waals surface area contributed by atoms with E-state index in [0.717, 1.165) is 11.1 Å². The van der Waals surface area contributed by atoms with Crippen LogP contribution < -0.4 is 10.1 Å². The van der Waals surface area contributed by atoms with E-state index in [1.165, 1.54) is 4.31 Å². The van der Waals surface area contributed by atoms with Crippen LogP contribution in [0.15, 0.2) is 65.7 Å². The minimum Gasteiger partial charge on any atom is -0.494 e. The second-order valence-electron chi connectivity index (χ2n) is 7.46. The van der Waals surface area contributed by atoms with Crippen molar-refractivity contribution in [2.24, 2.45) is 5.92 Å². The molecule has 4 rings (SSSR count). The number of ether oxygens (including phenoxy) is 1. The molecule has 31 heavy (non-hydrogen) atoms. The fourth-order valence-corrected chi connectivity index (χ4v) is 5.46. The van der Waals surface area contributed by atoms with Gasteiger partial charge in [0.25, 0.3) is 0 Å². The van der Waals surface area contributed by atoms with E-state index >= 15 is 0 Å². The van der Waals surface area contributed by atoms with Crippen molar-refractivity contribution in [1.29, 1.82) is 0 Å². The predicted octanol–water partition coefficient (Wildman–Crippen LogP) is 3.67. The summed E-state index contributed by atoms with van der Waals surface area (Å²) in [4.78, 5) is 17.1. The van der Waals surface area contributed by atoms with Gasteiger partial charge in [-0.15, -0.1) is 0 Å². The number of benzene rings is 2. The molecular formula is C23H25N3O4S. The Labute approximate surface area is 182 Å². The maximum Gasteiger partial charge on any atom is 0.245 e. The first kappa shape index (κ1) is 21.3. The second-order valence-corrected chi connectivity index (χ2v) is 9.36. The minimum absolute atomic E-state index is 0.0898. The molecule has 1 fully saturated rings. The number of hydrogen-bond acceptors (Lipinski definition) is 5. The highest BCUT2D eigenvalue weighted by Crippen LogP contribution is 2.28. The van der Waals surface area contributed by atoms with Crippen LogP contribution in [0.25, 0.3) is 10.9 Å². The van der Waals surface area contributed by atoms with Gasteiger partial charge in [0.05, 0.1) is 12.1 Å². The molecule has 0 atom stereocenters. The highest BCUT2D eigenvalue weighted by Gasteiger charge is 2.33. The predicted molar refractivity (Wildman–Crippen MR) is 119 cm³/mol. The molecule has 0 bridgehead atoms. The Hall–Kier alpha value is -2.97. The van der Waals surface area contributed by atoms with Crippen LogP contribution in [0, 0.1) is 5.92 Å². The lowest BCUT2D eigenvalue weighted by molar-refractivity contribution is -0.120. The molecule has 1 aliphatic heterocycles. The molecule has 3 aromatic rings. The summed E-state index contributed by atoms with van der Waals surface area (Å²) in [6.45, 7) is 3.10. The van der Waals surface area contributed by atoms with Crippen molar-refractivity contribution in [3.05, 3.63) is 60.8 Å². The van der Waals surface area contributed by atoms with Crippen molar-refractivity contribution in [3.8, 4) is 5.75 Å². The van der Waals surface area contributed by atoms with Crippen molar-refractivity contribution in [3.63, 3.8) is 0 Å². The number of sulfonamides is 1. The Morgan fingerprint density at radius 3 is 2.52 bits per heavy atom. The molecular weight excluding hydrogens is 414 g/mol. The maximum atomic E-state index is 13.2. The number of pyridine rings is 1. The molecule has 0 unspecified atom stereocenters. The number of fused-ring (bicyclic) bond motifs is 1. The van der Waals surface area contributed by atoms with E-state index in [0.29, 0.717) is 43.7 Å². The molecule has 0 radical (unpaired) electrons. The van der Waals surface area contributed by atoms with Crippen LogP contribution in [-0.2, 0) is 14.8 Å². The topological polar surface area (TPSA) is 88.6 Å². The number of para-hydroxylation sites is 1. The van der Waals surface area contributed by atoms with Crippen LogP contribution in [0.5, 0.6) is 5.75 Å². The summed E-state index contributed by atoms with van der Waals surface area (Å²) in [5.74, 6) is 0.429. The zero-order chi connectivity index (χ0) is 21.8. The number of aromatic nitrogens is 1. The third-order valence-electron chi connectivity index (χ3n) is 5.47. The number of amides is 1. The third-order valence-corrected chi connectivity index (χ3v) is 7.40. The molecule has 7 nitrogen and oxygen atoms in total. The Bertz CT molecular complexity index is 1170. The molecule has 1 aliphatic rings. The van der Waals surface area contributed by atoms with Crippen LogP contribution in [0.1, 0.15) is 19.8 Å². The van der Waals surface area contributed by atoms with Gasteiger partial charge in [0.2, 0.25) is 15.9 Å². The Morgan fingerprint density at radius 1 is 1.10 bits per heavy atom. The number of nitrogens with one attached hydrogen (secondary N) is 1. The molecule has 0 aliphatic carbocycles. The number of anilines is 1. The Kier molecular flexibility index (Phi) is 6.20. The van der Waals surface area contributed by atoms with Gasteiger partial charge in [0, 0.05) is 36.3 Å². The summed E-state index contributed by atoms with van der Waals surface area (Å²) in [5, 5.41) is 3.70. The number of rotatable bonds is 6.